The number of thiophene rings is 1. The van der Waals surface area contributed by atoms with Gasteiger partial charge in [0.15, 0.2) is 0 Å². The van der Waals surface area contributed by atoms with Crippen molar-refractivity contribution in [2.45, 2.75) is 19.1 Å². The van der Waals surface area contributed by atoms with Crippen LogP contribution in [0.3, 0.4) is 0 Å². The number of fused-ring (bicyclic) bond motifs is 5. The van der Waals surface area contributed by atoms with Crippen LogP contribution in [-0.4, -0.2) is 47.4 Å². The van der Waals surface area contributed by atoms with E-state index >= 15 is 0 Å². The van der Waals surface area contributed by atoms with Crippen LogP contribution in [0, 0.1) is 23.7 Å². The number of benzene rings is 1. The van der Waals surface area contributed by atoms with Gasteiger partial charge in [-0.25, -0.2) is 9.98 Å². The van der Waals surface area contributed by atoms with Gasteiger partial charge < -0.3 is 20.9 Å². The van der Waals surface area contributed by atoms with Crippen LogP contribution in [0.15, 0.2) is 41.0 Å². The molecule has 2 aromatic heterocycles. The minimum Gasteiger partial charge on any atom is -0.380 e. The molecule has 3 aromatic rings. The number of nitriles is 1. The maximum Gasteiger partial charge on any atom is 0.264 e. The van der Waals surface area contributed by atoms with E-state index in [2.05, 4.69) is 32.9 Å². The molecule has 2 aliphatic heterocycles. The number of hydrogen-bond donors (Lipinski definition) is 3. The molecule has 5 rings (SSSR count). The number of carbonyl (C=O) groups excluding carboxylic acids is 1. The lowest BCUT2D eigenvalue weighted by Crippen LogP contribution is -2.35. The third kappa shape index (κ3) is 3.20. The lowest BCUT2D eigenvalue weighted by molar-refractivity contribution is 0.0954. The van der Waals surface area contributed by atoms with E-state index in [1.165, 1.54) is 11.3 Å². The second-order valence-electron chi connectivity index (χ2n) is 7.64. The van der Waals surface area contributed by atoms with Crippen LogP contribution in [0.2, 0.25) is 0 Å². The SMILES string of the molecule is C#C[C@@H]1CNc2c(sc3ccc4nc(NC5=NC(C)N(C)C=C5C#N)ccc4c23)C(=O)N1. The zero-order valence-electron chi connectivity index (χ0n) is 17.4. The summed E-state index contributed by atoms with van der Waals surface area (Å²) >= 11 is 1.43. The van der Waals surface area contributed by atoms with Gasteiger partial charge >= 0.3 is 0 Å². The number of rotatable bonds is 1. The lowest BCUT2D eigenvalue weighted by Gasteiger charge is -2.25. The normalized spacial score (nSPS) is 20.2. The summed E-state index contributed by atoms with van der Waals surface area (Å²) in [6.07, 6.45) is 7.20. The van der Waals surface area contributed by atoms with Crippen molar-refractivity contribution < 1.29 is 4.79 Å². The maximum atomic E-state index is 12.7. The molecule has 2 atom stereocenters. The summed E-state index contributed by atoms with van der Waals surface area (Å²) in [5.74, 6) is 3.51. The molecule has 0 fully saturated rings. The molecule has 0 saturated carbocycles. The Hall–Kier alpha value is -4.08. The van der Waals surface area contributed by atoms with Crippen molar-refractivity contribution in [2.75, 3.05) is 24.2 Å². The number of pyridine rings is 1. The van der Waals surface area contributed by atoms with Crippen LogP contribution in [-0.2, 0) is 0 Å². The van der Waals surface area contributed by atoms with Gasteiger partial charge in [-0.05, 0) is 31.2 Å². The zero-order chi connectivity index (χ0) is 22.4. The third-order valence-corrected chi connectivity index (χ3v) is 6.73. The van der Waals surface area contributed by atoms with Gasteiger partial charge in [-0.3, -0.25) is 4.79 Å². The van der Waals surface area contributed by atoms with Gasteiger partial charge in [0, 0.05) is 35.3 Å². The van der Waals surface area contributed by atoms with Gasteiger partial charge in [0.05, 0.1) is 11.2 Å². The highest BCUT2D eigenvalue weighted by molar-refractivity contribution is 7.21. The highest BCUT2D eigenvalue weighted by atomic mass is 32.1. The predicted molar refractivity (Wildman–Crippen MR) is 128 cm³/mol. The van der Waals surface area contributed by atoms with Crippen molar-refractivity contribution in [3.63, 3.8) is 0 Å². The number of amidine groups is 1. The Morgan fingerprint density at radius 3 is 2.97 bits per heavy atom. The summed E-state index contributed by atoms with van der Waals surface area (Å²) in [4.78, 5) is 24.4. The van der Waals surface area contributed by atoms with Gasteiger partial charge in [-0.2, -0.15) is 5.26 Å². The highest BCUT2D eigenvalue weighted by Gasteiger charge is 2.26. The second-order valence-corrected chi connectivity index (χ2v) is 8.69. The highest BCUT2D eigenvalue weighted by Crippen LogP contribution is 2.41. The Labute approximate surface area is 188 Å². The van der Waals surface area contributed by atoms with E-state index in [9.17, 15) is 10.1 Å². The summed E-state index contributed by atoms with van der Waals surface area (Å²) in [7, 11) is 1.88. The molecule has 158 valence electrons. The molecule has 0 aliphatic carbocycles. The van der Waals surface area contributed by atoms with Crippen molar-refractivity contribution in [2.24, 2.45) is 4.99 Å². The molecule has 3 N–H and O–H groups in total. The quantitative estimate of drug-likeness (QED) is 0.501. The van der Waals surface area contributed by atoms with Crippen LogP contribution in [0.4, 0.5) is 11.5 Å². The number of carbonyl (C=O) groups is 1. The van der Waals surface area contributed by atoms with Crippen molar-refractivity contribution in [3.8, 4) is 18.4 Å². The summed E-state index contributed by atoms with van der Waals surface area (Å²) in [6.45, 7) is 2.41. The number of aromatic nitrogens is 1. The number of amides is 1. The molecule has 1 aromatic carbocycles. The van der Waals surface area contributed by atoms with E-state index in [1.807, 2.05) is 43.1 Å². The minimum absolute atomic E-state index is 0.0833. The molecule has 0 spiro atoms. The third-order valence-electron chi connectivity index (χ3n) is 5.58. The Morgan fingerprint density at radius 2 is 2.19 bits per heavy atom. The first-order chi connectivity index (χ1) is 15.5. The number of terminal acetylenes is 1. The molecular formula is C23H19N7OS. The van der Waals surface area contributed by atoms with E-state index < -0.39 is 0 Å². The summed E-state index contributed by atoms with van der Waals surface area (Å²) in [6, 6.07) is 9.54. The average Bonchev–Trinajstić information content (AvgIpc) is 3.10. The summed E-state index contributed by atoms with van der Waals surface area (Å²) in [5, 5.41) is 20.7. The number of anilines is 2. The van der Waals surface area contributed by atoms with Gasteiger partial charge in [-0.1, -0.05) is 5.92 Å². The monoisotopic (exact) mass is 441 g/mol. The van der Waals surface area contributed by atoms with Crippen molar-refractivity contribution in [3.05, 3.63) is 40.9 Å². The molecule has 32 heavy (non-hydrogen) atoms. The molecule has 1 amide bonds. The van der Waals surface area contributed by atoms with Gasteiger partial charge in [-0.15, -0.1) is 17.8 Å². The van der Waals surface area contributed by atoms with Crippen LogP contribution in [0.5, 0.6) is 0 Å². The number of nitrogens with one attached hydrogen (secondary N) is 3. The molecule has 2 aliphatic rings. The van der Waals surface area contributed by atoms with Crippen LogP contribution >= 0.6 is 11.3 Å². The molecule has 0 bridgehead atoms. The Kier molecular flexibility index (Phi) is 4.69. The first-order valence-corrected chi connectivity index (χ1v) is 10.9. The fourth-order valence-electron chi connectivity index (χ4n) is 3.80. The Bertz CT molecular complexity index is 1420. The minimum atomic E-state index is -0.360. The molecular weight excluding hydrogens is 422 g/mol. The van der Waals surface area contributed by atoms with Crippen molar-refractivity contribution in [1.29, 1.82) is 5.26 Å². The fraction of sp³-hybridized carbons (Fsp3) is 0.217. The summed E-state index contributed by atoms with van der Waals surface area (Å²) < 4.78 is 0.995. The topological polar surface area (TPSA) is 105 Å². The van der Waals surface area contributed by atoms with E-state index in [0.29, 0.717) is 28.6 Å². The molecule has 0 radical (unpaired) electrons. The molecule has 4 heterocycles. The van der Waals surface area contributed by atoms with Crippen LogP contribution in [0.25, 0.3) is 21.0 Å². The number of hydrogen-bond acceptors (Lipinski definition) is 8. The van der Waals surface area contributed by atoms with Crippen molar-refractivity contribution >= 4 is 55.6 Å². The summed E-state index contributed by atoms with van der Waals surface area (Å²) in [5.41, 5.74) is 2.01. The van der Waals surface area contributed by atoms with Crippen LogP contribution < -0.4 is 16.0 Å². The standard InChI is InChI=1S/C23H19N7OS/c1-4-14-10-25-20-19-15-5-8-18(29-22-13(9-24)11-30(3)12(2)26-22)28-16(15)6-7-17(19)32-21(20)23(31)27-14/h1,5-8,11-12,14,25H,10H2,2-3H3,(H,27,31)(H,26,28,29)/t12?,14-/m1/s1. The van der Waals surface area contributed by atoms with Crippen LogP contribution in [0.1, 0.15) is 16.6 Å². The lowest BCUT2D eigenvalue weighted by atomic mass is 10.1. The fourth-order valence-corrected chi connectivity index (χ4v) is 4.90. The molecule has 9 heteroatoms. The largest absolute Gasteiger partial charge is 0.380 e. The average molecular weight is 442 g/mol. The molecule has 8 nitrogen and oxygen atoms in total. The Balaban J connectivity index is 1.56. The Morgan fingerprint density at radius 1 is 1.34 bits per heavy atom. The molecule has 0 saturated heterocycles. The van der Waals surface area contributed by atoms with E-state index in [-0.39, 0.29) is 18.1 Å². The maximum absolute atomic E-state index is 12.7. The van der Waals surface area contributed by atoms with Gasteiger partial charge in [0.25, 0.3) is 5.91 Å². The van der Waals surface area contributed by atoms with Gasteiger partial charge in [0.2, 0.25) is 0 Å². The van der Waals surface area contributed by atoms with E-state index in [0.717, 1.165) is 26.7 Å². The first kappa shape index (κ1) is 19.9. The predicted octanol–water partition coefficient (Wildman–Crippen LogP) is 3.12. The van der Waals surface area contributed by atoms with E-state index in [4.69, 9.17) is 11.4 Å². The van der Waals surface area contributed by atoms with Gasteiger partial charge in [0.1, 0.15) is 40.4 Å². The van der Waals surface area contributed by atoms with E-state index in [1.54, 1.807) is 6.20 Å². The van der Waals surface area contributed by atoms with Crippen molar-refractivity contribution in [1.82, 2.24) is 15.2 Å². The first-order valence-electron chi connectivity index (χ1n) is 10.0. The second kappa shape index (κ2) is 7.56. The molecule has 1 unspecified atom stereocenters. The number of aliphatic imine (C=N–C) groups is 1. The smallest absolute Gasteiger partial charge is 0.264 e. The zero-order valence-corrected chi connectivity index (χ0v) is 18.2. The number of nitrogens with zero attached hydrogens (tertiary/aromatic N) is 4.